The maximum Gasteiger partial charge on any atom is 0.338 e. The fourth-order valence-corrected chi connectivity index (χ4v) is 3.51. The molecule has 156 valence electrons. The minimum atomic E-state index is -3.92. The van der Waals surface area contributed by atoms with Gasteiger partial charge in [-0.05, 0) is 48.9 Å². The maximum atomic E-state index is 12.7. The van der Waals surface area contributed by atoms with Crippen molar-refractivity contribution < 1.29 is 27.5 Å². The number of rotatable bonds is 9. The highest BCUT2D eigenvalue weighted by Gasteiger charge is 2.18. The van der Waals surface area contributed by atoms with Gasteiger partial charge in [0.05, 0.1) is 29.9 Å². The lowest BCUT2D eigenvalue weighted by atomic mass is 10.2. The molecule has 0 aliphatic heterocycles. The molecule has 1 amide bonds. The van der Waals surface area contributed by atoms with Gasteiger partial charge >= 0.3 is 5.97 Å². The third-order valence-electron chi connectivity index (χ3n) is 3.90. The monoisotopic (exact) mass is 420 g/mol. The molecule has 8 nitrogen and oxygen atoms in total. The van der Waals surface area contributed by atoms with Gasteiger partial charge in [0.2, 0.25) is 5.91 Å². The number of anilines is 2. The summed E-state index contributed by atoms with van der Waals surface area (Å²) in [7, 11) is -2.50. The second kappa shape index (κ2) is 9.92. The van der Waals surface area contributed by atoms with Gasteiger partial charge in [0.15, 0.2) is 0 Å². The standard InChI is InChI=1S/C20H24N2O6S/c1-4-5-12-28-20(24)15-6-8-16(9-7-15)22-29(25,26)17-10-11-19(27-3)18(13-17)21-14(2)23/h6-11,13,22H,4-5,12H2,1-3H3,(H,21,23). The topological polar surface area (TPSA) is 111 Å². The number of methoxy groups -OCH3 is 1. The van der Waals surface area contributed by atoms with E-state index in [4.69, 9.17) is 9.47 Å². The van der Waals surface area contributed by atoms with Gasteiger partial charge in [0.1, 0.15) is 5.75 Å². The van der Waals surface area contributed by atoms with Crippen LogP contribution in [-0.2, 0) is 19.6 Å². The molecule has 0 saturated carbocycles. The minimum Gasteiger partial charge on any atom is -0.495 e. The molecule has 0 heterocycles. The van der Waals surface area contributed by atoms with Crippen molar-refractivity contribution >= 4 is 33.3 Å². The summed E-state index contributed by atoms with van der Waals surface area (Å²) in [6.07, 6.45) is 1.70. The number of benzene rings is 2. The van der Waals surface area contributed by atoms with E-state index in [1.54, 1.807) is 0 Å². The molecule has 2 rings (SSSR count). The van der Waals surface area contributed by atoms with E-state index in [1.165, 1.54) is 56.5 Å². The number of esters is 1. The van der Waals surface area contributed by atoms with Gasteiger partial charge in [-0.25, -0.2) is 13.2 Å². The predicted molar refractivity (Wildman–Crippen MR) is 110 cm³/mol. The average molecular weight is 420 g/mol. The molecule has 2 aromatic rings. The van der Waals surface area contributed by atoms with Crippen molar-refractivity contribution in [3.05, 3.63) is 48.0 Å². The first-order valence-corrected chi connectivity index (χ1v) is 10.5. The first-order chi connectivity index (χ1) is 13.8. The van der Waals surface area contributed by atoms with Crippen LogP contribution in [-0.4, -0.2) is 34.0 Å². The Hall–Kier alpha value is -3.07. The zero-order valence-corrected chi connectivity index (χ0v) is 17.3. The van der Waals surface area contributed by atoms with E-state index in [-0.39, 0.29) is 22.2 Å². The minimum absolute atomic E-state index is 0.0508. The Labute approximate surface area is 170 Å². The van der Waals surface area contributed by atoms with Crippen molar-refractivity contribution in [1.29, 1.82) is 0 Å². The van der Waals surface area contributed by atoms with Gasteiger partial charge in [0, 0.05) is 12.6 Å². The van der Waals surface area contributed by atoms with Gasteiger partial charge in [-0.3, -0.25) is 9.52 Å². The number of amides is 1. The summed E-state index contributed by atoms with van der Waals surface area (Å²) in [5, 5.41) is 2.53. The van der Waals surface area contributed by atoms with Crippen LogP contribution in [0.2, 0.25) is 0 Å². The van der Waals surface area contributed by atoms with Crippen molar-refractivity contribution in [3.8, 4) is 5.75 Å². The number of ether oxygens (including phenoxy) is 2. The average Bonchev–Trinajstić information content (AvgIpc) is 2.68. The first-order valence-electron chi connectivity index (χ1n) is 9.02. The summed E-state index contributed by atoms with van der Waals surface area (Å²) >= 11 is 0. The van der Waals surface area contributed by atoms with Crippen molar-refractivity contribution in [2.45, 2.75) is 31.6 Å². The van der Waals surface area contributed by atoms with E-state index in [2.05, 4.69) is 10.0 Å². The summed E-state index contributed by atoms with van der Waals surface area (Å²) in [5.41, 5.74) is 0.862. The molecule has 0 aromatic heterocycles. The van der Waals surface area contributed by atoms with Gasteiger partial charge in [-0.1, -0.05) is 13.3 Å². The summed E-state index contributed by atoms with van der Waals surface area (Å²) in [5.74, 6) is -0.472. The Morgan fingerprint density at radius 2 is 1.76 bits per heavy atom. The van der Waals surface area contributed by atoms with E-state index in [1.807, 2.05) is 6.92 Å². The van der Waals surface area contributed by atoms with Crippen molar-refractivity contribution in [2.24, 2.45) is 0 Å². The highest BCUT2D eigenvalue weighted by atomic mass is 32.2. The largest absolute Gasteiger partial charge is 0.495 e. The van der Waals surface area contributed by atoms with Crippen LogP contribution in [0.25, 0.3) is 0 Å². The van der Waals surface area contributed by atoms with E-state index in [0.29, 0.717) is 17.9 Å². The SMILES string of the molecule is CCCCOC(=O)c1ccc(NS(=O)(=O)c2ccc(OC)c(NC(C)=O)c2)cc1. The molecule has 0 bridgehead atoms. The molecule has 2 N–H and O–H groups in total. The lowest BCUT2D eigenvalue weighted by molar-refractivity contribution is -0.114. The number of carbonyl (C=O) groups is 2. The van der Waals surface area contributed by atoms with Gasteiger partial charge in [-0.2, -0.15) is 0 Å². The van der Waals surface area contributed by atoms with E-state index in [9.17, 15) is 18.0 Å². The highest BCUT2D eigenvalue weighted by molar-refractivity contribution is 7.92. The van der Waals surface area contributed by atoms with Gasteiger partial charge < -0.3 is 14.8 Å². The predicted octanol–water partition coefficient (Wildman–Crippen LogP) is 3.41. The van der Waals surface area contributed by atoms with Gasteiger partial charge in [0.25, 0.3) is 10.0 Å². The summed E-state index contributed by atoms with van der Waals surface area (Å²) in [4.78, 5) is 23.2. The van der Waals surface area contributed by atoms with Gasteiger partial charge in [-0.15, -0.1) is 0 Å². The van der Waals surface area contributed by atoms with Crippen LogP contribution in [0.4, 0.5) is 11.4 Å². The quantitative estimate of drug-likeness (QED) is 0.475. The molecule has 0 spiro atoms. The van der Waals surface area contributed by atoms with E-state index >= 15 is 0 Å². The molecule has 0 aliphatic carbocycles. The van der Waals surface area contributed by atoms with E-state index < -0.39 is 16.0 Å². The number of nitrogens with one attached hydrogen (secondary N) is 2. The number of unbranched alkanes of at least 4 members (excludes halogenated alkanes) is 1. The number of sulfonamides is 1. The molecular weight excluding hydrogens is 396 g/mol. The van der Waals surface area contributed by atoms with E-state index in [0.717, 1.165) is 12.8 Å². The number of hydrogen-bond acceptors (Lipinski definition) is 6. The van der Waals surface area contributed by atoms with Crippen LogP contribution in [0.15, 0.2) is 47.4 Å². The molecule has 0 unspecified atom stereocenters. The Morgan fingerprint density at radius 1 is 1.07 bits per heavy atom. The number of hydrogen-bond donors (Lipinski definition) is 2. The lowest BCUT2D eigenvalue weighted by Gasteiger charge is -2.13. The fourth-order valence-electron chi connectivity index (χ4n) is 2.42. The van der Waals surface area contributed by atoms with Crippen LogP contribution >= 0.6 is 0 Å². The zero-order chi connectivity index (χ0) is 21.4. The van der Waals surface area contributed by atoms with Crippen molar-refractivity contribution in [2.75, 3.05) is 23.8 Å². The smallest absolute Gasteiger partial charge is 0.338 e. The van der Waals surface area contributed by atoms with Crippen LogP contribution < -0.4 is 14.8 Å². The molecule has 0 aliphatic rings. The normalized spacial score (nSPS) is 10.9. The lowest BCUT2D eigenvalue weighted by Crippen LogP contribution is -2.14. The molecule has 2 aromatic carbocycles. The third-order valence-corrected chi connectivity index (χ3v) is 5.27. The molecule has 0 radical (unpaired) electrons. The Balaban J connectivity index is 2.16. The summed E-state index contributed by atoms with van der Waals surface area (Å²) < 4.78 is 38.0. The number of carbonyl (C=O) groups excluding carboxylic acids is 2. The molecule has 0 fully saturated rings. The van der Waals surface area contributed by atoms with Crippen LogP contribution in [0.5, 0.6) is 5.75 Å². The third kappa shape index (κ3) is 6.21. The zero-order valence-electron chi connectivity index (χ0n) is 16.5. The molecule has 9 heteroatoms. The Morgan fingerprint density at radius 3 is 2.34 bits per heavy atom. The van der Waals surface area contributed by atoms with Crippen LogP contribution in [0.1, 0.15) is 37.0 Å². The molecule has 29 heavy (non-hydrogen) atoms. The second-order valence-electron chi connectivity index (χ2n) is 6.22. The Bertz CT molecular complexity index is 971. The van der Waals surface area contributed by atoms with Crippen molar-refractivity contribution in [3.63, 3.8) is 0 Å². The van der Waals surface area contributed by atoms with Crippen LogP contribution in [0.3, 0.4) is 0 Å². The van der Waals surface area contributed by atoms with Crippen LogP contribution in [0, 0.1) is 0 Å². The maximum absolute atomic E-state index is 12.7. The first kappa shape index (κ1) is 22.2. The highest BCUT2D eigenvalue weighted by Crippen LogP contribution is 2.28. The fraction of sp³-hybridized carbons (Fsp3) is 0.300. The Kier molecular flexibility index (Phi) is 7.60. The van der Waals surface area contributed by atoms with Crippen molar-refractivity contribution in [1.82, 2.24) is 0 Å². The molecule has 0 atom stereocenters. The summed E-state index contributed by atoms with van der Waals surface area (Å²) in [6, 6.07) is 10.1. The summed E-state index contributed by atoms with van der Waals surface area (Å²) in [6.45, 7) is 3.65. The molecular formula is C20H24N2O6S. The second-order valence-corrected chi connectivity index (χ2v) is 7.90. The molecule has 0 saturated heterocycles.